The summed E-state index contributed by atoms with van der Waals surface area (Å²) in [7, 11) is 3.45. The van der Waals surface area contributed by atoms with Crippen LogP contribution in [0.2, 0.25) is 5.02 Å². The molecular weight excluding hydrogens is 260 g/mol. The van der Waals surface area contributed by atoms with E-state index in [4.69, 9.17) is 11.6 Å². The largest absolute Gasteiger partial charge is 0.385 e. The van der Waals surface area contributed by atoms with Gasteiger partial charge < -0.3 is 10.2 Å². The molecule has 0 aliphatic rings. The normalized spacial score (nSPS) is 10.3. The molecule has 0 aliphatic carbocycles. The molecule has 1 N–H and O–H groups in total. The van der Waals surface area contributed by atoms with Gasteiger partial charge in [0.2, 0.25) is 0 Å². The average Bonchev–Trinajstić information content (AvgIpc) is 2.39. The highest BCUT2D eigenvalue weighted by Gasteiger charge is 2.12. The monoisotopic (exact) mass is 282 g/mol. The average molecular weight is 283 g/mol. The number of unbranched alkanes of at least 4 members (excludes halogenated alkanes) is 3. The molecule has 0 aliphatic heterocycles. The molecule has 1 aromatic carbocycles. The first-order valence-corrected chi connectivity index (χ1v) is 7.19. The number of benzene rings is 1. The van der Waals surface area contributed by atoms with Crippen molar-refractivity contribution in [1.29, 1.82) is 0 Å². The number of anilines is 1. The van der Waals surface area contributed by atoms with Crippen LogP contribution in [0.25, 0.3) is 0 Å². The third-order valence-electron chi connectivity index (χ3n) is 2.96. The Hall–Kier alpha value is -1.22. The molecule has 0 saturated carbocycles. The quantitative estimate of drug-likeness (QED) is 0.766. The van der Waals surface area contributed by atoms with Crippen molar-refractivity contribution in [2.24, 2.45) is 0 Å². The van der Waals surface area contributed by atoms with Crippen LogP contribution in [0.3, 0.4) is 0 Å². The highest BCUT2D eigenvalue weighted by molar-refractivity contribution is 6.34. The minimum absolute atomic E-state index is 0.0698. The number of rotatable bonds is 7. The smallest absolute Gasteiger partial charge is 0.254 e. The third-order valence-corrected chi connectivity index (χ3v) is 3.29. The van der Waals surface area contributed by atoms with E-state index in [9.17, 15) is 4.79 Å². The number of carbonyl (C=O) groups is 1. The van der Waals surface area contributed by atoms with Gasteiger partial charge in [-0.25, -0.2) is 0 Å². The van der Waals surface area contributed by atoms with Crippen LogP contribution in [0, 0.1) is 0 Å². The maximum absolute atomic E-state index is 11.9. The van der Waals surface area contributed by atoms with E-state index in [0.29, 0.717) is 10.6 Å². The van der Waals surface area contributed by atoms with Crippen LogP contribution in [0.1, 0.15) is 43.0 Å². The van der Waals surface area contributed by atoms with E-state index in [-0.39, 0.29) is 5.91 Å². The molecule has 0 fully saturated rings. The molecule has 0 unspecified atom stereocenters. The Balaban J connectivity index is 2.61. The summed E-state index contributed by atoms with van der Waals surface area (Å²) >= 11 is 6.06. The highest BCUT2D eigenvalue weighted by atomic mass is 35.5. The van der Waals surface area contributed by atoms with Crippen LogP contribution in [-0.2, 0) is 0 Å². The highest BCUT2D eigenvalue weighted by Crippen LogP contribution is 2.21. The van der Waals surface area contributed by atoms with Crippen molar-refractivity contribution >= 4 is 23.2 Å². The second kappa shape index (κ2) is 8.05. The van der Waals surface area contributed by atoms with Gasteiger partial charge in [0, 0.05) is 26.3 Å². The molecule has 3 nitrogen and oxygen atoms in total. The fourth-order valence-electron chi connectivity index (χ4n) is 1.82. The molecule has 0 aromatic heterocycles. The molecular formula is C15H23ClN2O. The van der Waals surface area contributed by atoms with Crippen LogP contribution >= 0.6 is 11.6 Å². The molecule has 0 bridgehead atoms. The van der Waals surface area contributed by atoms with Gasteiger partial charge in [-0.1, -0.05) is 37.8 Å². The van der Waals surface area contributed by atoms with Crippen molar-refractivity contribution in [2.75, 3.05) is 26.0 Å². The Morgan fingerprint density at radius 3 is 2.63 bits per heavy atom. The van der Waals surface area contributed by atoms with Crippen molar-refractivity contribution in [2.45, 2.75) is 32.6 Å². The molecule has 1 rings (SSSR count). The van der Waals surface area contributed by atoms with Crippen LogP contribution in [0.5, 0.6) is 0 Å². The molecule has 0 spiro atoms. The van der Waals surface area contributed by atoms with E-state index < -0.39 is 0 Å². The summed E-state index contributed by atoms with van der Waals surface area (Å²) in [4.78, 5) is 13.5. The lowest BCUT2D eigenvalue weighted by Crippen LogP contribution is -2.22. The van der Waals surface area contributed by atoms with Gasteiger partial charge in [0.05, 0.1) is 10.6 Å². The Kier molecular flexibility index (Phi) is 6.71. The molecule has 0 atom stereocenters. The Morgan fingerprint density at radius 1 is 1.26 bits per heavy atom. The molecule has 0 radical (unpaired) electrons. The Morgan fingerprint density at radius 2 is 2.00 bits per heavy atom. The van der Waals surface area contributed by atoms with E-state index in [1.807, 2.05) is 12.1 Å². The number of nitrogens with one attached hydrogen (secondary N) is 1. The van der Waals surface area contributed by atoms with Gasteiger partial charge in [0.15, 0.2) is 0 Å². The van der Waals surface area contributed by atoms with Crippen molar-refractivity contribution in [3.63, 3.8) is 0 Å². The fourth-order valence-corrected chi connectivity index (χ4v) is 2.02. The summed E-state index contributed by atoms with van der Waals surface area (Å²) in [5.41, 5.74) is 1.50. The van der Waals surface area contributed by atoms with Crippen LogP contribution in [0.4, 0.5) is 5.69 Å². The van der Waals surface area contributed by atoms with Crippen molar-refractivity contribution < 1.29 is 4.79 Å². The minimum atomic E-state index is -0.0698. The van der Waals surface area contributed by atoms with Gasteiger partial charge in [-0.2, -0.15) is 0 Å². The molecule has 1 amide bonds. The number of carbonyl (C=O) groups excluding carboxylic acids is 1. The Labute approximate surface area is 120 Å². The van der Waals surface area contributed by atoms with Gasteiger partial charge >= 0.3 is 0 Å². The topological polar surface area (TPSA) is 32.3 Å². The first-order chi connectivity index (χ1) is 9.06. The molecule has 19 heavy (non-hydrogen) atoms. The molecule has 0 heterocycles. The minimum Gasteiger partial charge on any atom is -0.385 e. The van der Waals surface area contributed by atoms with Crippen LogP contribution < -0.4 is 5.32 Å². The van der Waals surface area contributed by atoms with E-state index >= 15 is 0 Å². The lowest BCUT2D eigenvalue weighted by atomic mass is 10.1. The van der Waals surface area contributed by atoms with Crippen molar-refractivity contribution in [1.82, 2.24) is 4.90 Å². The summed E-state index contributed by atoms with van der Waals surface area (Å²) < 4.78 is 0. The molecule has 4 heteroatoms. The molecule has 1 aromatic rings. The van der Waals surface area contributed by atoms with E-state index in [0.717, 1.165) is 18.7 Å². The van der Waals surface area contributed by atoms with Gasteiger partial charge in [-0.3, -0.25) is 4.79 Å². The van der Waals surface area contributed by atoms with E-state index in [1.54, 1.807) is 20.2 Å². The lowest BCUT2D eigenvalue weighted by Gasteiger charge is -2.13. The molecule has 106 valence electrons. The summed E-state index contributed by atoms with van der Waals surface area (Å²) in [6, 6.07) is 5.51. The Bertz CT molecular complexity index is 419. The third kappa shape index (κ3) is 5.11. The standard InChI is InChI=1S/C15H23ClN2O/c1-4-5-6-7-10-17-12-8-9-14(16)13(11-12)15(19)18(2)3/h8-9,11,17H,4-7,10H2,1-3H3. The fraction of sp³-hybridized carbons (Fsp3) is 0.533. The summed E-state index contributed by atoms with van der Waals surface area (Å²) in [5.74, 6) is -0.0698. The number of hydrogen-bond donors (Lipinski definition) is 1. The second-order valence-corrected chi connectivity index (χ2v) is 5.29. The first kappa shape index (κ1) is 15.8. The van der Waals surface area contributed by atoms with Gasteiger partial charge in [-0.15, -0.1) is 0 Å². The summed E-state index contributed by atoms with van der Waals surface area (Å²) in [5, 5.41) is 3.83. The zero-order valence-electron chi connectivity index (χ0n) is 12.0. The number of amides is 1. The predicted octanol–water partition coefficient (Wildman–Crippen LogP) is 4.03. The predicted molar refractivity (Wildman–Crippen MR) is 82.1 cm³/mol. The zero-order chi connectivity index (χ0) is 14.3. The second-order valence-electron chi connectivity index (χ2n) is 4.88. The van der Waals surface area contributed by atoms with Crippen molar-refractivity contribution in [3.8, 4) is 0 Å². The van der Waals surface area contributed by atoms with Crippen LogP contribution in [0.15, 0.2) is 18.2 Å². The van der Waals surface area contributed by atoms with E-state index in [1.165, 1.54) is 24.2 Å². The van der Waals surface area contributed by atoms with Crippen molar-refractivity contribution in [3.05, 3.63) is 28.8 Å². The summed E-state index contributed by atoms with van der Waals surface area (Å²) in [6.07, 6.45) is 4.89. The van der Waals surface area contributed by atoms with Gasteiger partial charge in [-0.05, 0) is 24.6 Å². The number of hydrogen-bond acceptors (Lipinski definition) is 2. The van der Waals surface area contributed by atoms with Crippen LogP contribution in [-0.4, -0.2) is 31.4 Å². The summed E-state index contributed by atoms with van der Waals surface area (Å²) in [6.45, 7) is 3.13. The van der Waals surface area contributed by atoms with Gasteiger partial charge in [0.1, 0.15) is 0 Å². The zero-order valence-corrected chi connectivity index (χ0v) is 12.8. The maximum Gasteiger partial charge on any atom is 0.254 e. The number of nitrogens with zero attached hydrogens (tertiary/aromatic N) is 1. The number of halogens is 1. The van der Waals surface area contributed by atoms with Gasteiger partial charge in [0.25, 0.3) is 5.91 Å². The van der Waals surface area contributed by atoms with E-state index in [2.05, 4.69) is 12.2 Å². The molecule has 0 saturated heterocycles. The first-order valence-electron chi connectivity index (χ1n) is 6.81. The maximum atomic E-state index is 11.9. The SMILES string of the molecule is CCCCCCNc1ccc(Cl)c(C(=O)N(C)C)c1. The lowest BCUT2D eigenvalue weighted by molar-refractivity contribution is 0.0828.